The number of halogens is 1. The minimum Gasteiger partial charge on any atom is -0.246 e. The number of rotatable bonds is 2. The van der Waals surface area contributed by atoms with Crippen molar-refractivity contribution in [3.05, 3.63) is 0 Å². The minimum atomic E-state index is -0.722. The van der Waals surface area contributed by atoms with Crippen LogP contribution in [0, 0.1) is 10.8 Å². The predicted molar refractivity (Wildman–Crippen MR) is 48.4 cm³/mol. The van der Waals surface area contributed by atoms with Crippen LogP contribution in [0.1, 0.15) is 48.0 Å². The standard InChI is InChI=1S/C10H21F/c1-7-10(5,6)8(11)9(2,3)4/h8H,7H2,1-6H3. The molecule has 0 N–H and O–H groups in total. The normalized spacial score (nSPS) is 16.6. The van der Waals surface area contributed by atoms with Gasteiger partial charge in [0.1, 0.15) is 6.17 Å². The summed E-state index contributed by atoms with van der Waals surface area (Å²) in [6.45, 7) is 11.9. The molecular formula is C10H21F. The largest absolute Gasteiger partial charge is 0.246 e. The average Bonchev–Trinajstić information content (AvgIpc) is 1.84. The summed E-state index contributed by atoms with van der Waals surface area (Å²) in [5.74, 6) is 0. The maximum atomic E-state index is 13.7. The van der Waals surface area contributed by atoms with Crippen LogP contribution < -0.4 is 0 Å². The Balaban J connectivity index is 4.35. The maximum absolute atomic E-state index is 13.7. The van der Waals surface area contributed by atoms with Crippen LogP contribution in [-0.2, 0) is 0 Å². The molecule has 1 atom stereocenters. The fraction of sp³-hybridized carbons (Fsp3) is 1.00. The summed E-state index contributed by atoms with van der Waals surface area (Å²) in [5, 5.41) is 0. The van der Waals surface area contributed by atoms with Gasteiger partial charge in [0.05, 0.1) is 0 Å². The summed E-state index contributed by atoms with van der Waals surface area (Å²) in [6.07, 6.45) is 0.172. The second-order valence-corrected chi connectivity index (χ2v) is 5.07. The second kappa shape index (κ2) is 3.12. The zero-order chi connectivity index (χ0) is 9.28. The molecule has 0 amide bonds. The Morgan fingerprint density at radius 3 is 1.55 bits per heavy atom. The maximum Gasteiger partial charge on any atom is 0.110 e. The van der Waals surface area contributed by atoms with Gasteiger partial charge in [-0.25, -0.2) is 4.39 Å². The van der Waals surface area contributed by atoms with Gasteiger partial charge < -0.3 is 0 Å². The first-order chi connectivity index (χ1) is 4.72. The van der Waals surface area contributed by atoms with Crippen molar-refractivity contribution in [2.75, 3.05) is 0 Å². The van der Waals surface area contributed by atoms with E-state index in [1.54, 1.807) is 0 Å². The molecule has 0 aliphatic heterocycles. The molecule has 0 aliphatic rings. The molecule has 0 bridgehead atoms. The van der Waals surface area contributed by atoms with Gasteiger partial charge in [0, 0.05) is 0 Å². The quantitative estimate of drug-likeness (QED) is 0.576. The monoisotopic (exact) mass is 160 g/mol. The molecule has 0 rings (SSSR count). The van der Waals surface area contributed by atoms with E-state index in [-0.39, 0.29) is 10.8 Å². The van der Waals surface area contributed by atoms with Gasteiger partial charge in [-0.3, -0.25) is 0 Å². The third-order valence-corrected chi connectivity index (χ3v) is 2.36. The van der Waals surface area contributed by atoms with Gasteiger partial charge >= 0.3 is 0 Å². The summed E-state index contributed by atoms with van der Waals surface area (Å²) in [4.78, 5) is 0. The lowest BCUT2D eigenvalue weighted by Gasteiger charge is -2.36. The van der Waals surface area contributed by atoms with Crippen molar-refractivity contribution in [3.8, 4) is 0 Å². The Bertz CT molecular complexity index is 119. The van der Waals surface area contributed by atoms with Crippen LogP contribution in [0.4, 0.5) is 4.39 Å². The van der Waals surface area contributed by atoms with E-state index in [2.05, 4.69) is 0 Å². The Hall–Kier alpha value is -0.0700. The second-order valence-electron chi connectivity index (χ2n) is 5.07. The molecule has 0 fully saturated rings. The molecule has 0 nitrogen and oxygen atoms in total. The van der Waals surface area contributed by atoms with E-state index in [9.17, 15) is 4.39 Å². The third kappa shape index (κ3) is 2.80. The van der Waals surface area contributed by atoms with E-state index in [1.807, 2.05) is 41.5 Å². The average molecular weight is 160 g/mol. The molecule has 0 heterocycles. The van der Waals surface area contributed by atoms with Gasteiger partial charge in [0.25, 0.3) is 0 Å². The first kappa shape index (κ1) is 10.9. The molecule has 68 valence electrons. The molecule has 0 aromatic carbocycles. The minimum absolute atomic E-state index is 0.182. The van der Waals surface area contributed by atoms with E-state index >= 15 is 0 Å². The SMILES string of the molecule is CCC(C)(C)C(F)C(C)(C)C. The van der Waals surface area contributed by atoms with E-state index in [0.717, 1.165) is 6.42 Å². The van der Waals surface area contributed by atoms with Crippen molar-refractivity contribution in [1.29, 1.82) is 0 Å². The van der Waals surface area contributed by atoms with Crippen molar-refractivity contribution in [3.63, 3.8) is 0 Å². The topological polar surface area (TPSA) is 0 Å². The highest BCUT2D eigenvalue weighted by Crippen LogP contribution is 2.38. The Morgan fingerprint density at radius 1 is 1.09 bits per heavy atom. The predicted octanol–water partition coefficient (Wildman–Crippen LogP) is 3.81. The van der Waals surface area contributed by atoms with Gasteiger partial charge in [-0.15, -0.1) is 0 Å². The van der Waals surface area contributed by atoms with Gasteiger partial charge in [-0.2, -0.15) is 0 Å². The molecule has 0 spiro atoms. The lowest BCUT2D eigenvalue weighted by molar-refractivity contribution is 0.0390. The highest BCUT2D eigenvalue weighted by Gasteiger charge is 2.36. The van der Waals surface area contributed by atoms with Crippen molar-refractivity contribution >= 4 is 0 Å². The smallest absolute Gasteiger partial charge is 0.110 e. The van der Waals surface area contributed by atoms with E-state index in [0.29, 0.717) is 0 Å². The fourth-order valence-corrected chi connectivity index (χ4v) is 1.35. The highest BCUT2D eigenvalue weighted by molar-refractivity contribution is 4.85. The zero-order valence-electron chi connectivity index (χ0n) is 8.66. The van der Waals surface area contributed by atoms with Crippen molar-refractivity contribution in [2.45, 2.75) is 54.1 Å². The Labute approximate surface area is 70.2 Å². The zero-order valence-corrected chi connectivity index (χ0v) is 8.66. The van der Waals surface area contributed by atoms with E-state index in [4.69, 9.17) is 0 Å². The molecule has 0 aliphatic carbocycles. The van der Waals surface area contributed by atoms with Crippen LogP contribution in [0.15, 0.2) is 0 Å². The van der Waals surface area contributed by atoms with Crippen LogP contribution in [-0.4, -0.2) is 6.17 Å². The summed E-state index contributed by atoms with van der Waals surface area (Å²) in [7, 11) is 0. The summed E-state index contributed by atoms with van der Waals surface area (Å²) in [6, 6.07) is 0. The van der Waals surface area contributed by atoms with Gasteiger partial charge in [0.2, 0.25) is 0 Å². The highest BCUT2D eigenvalue weighted by atomic mass is 19.1. The summed E-state index contributed by atoms with van der Waals surface area (Å²) < 4.78 is 13.7. The number of alkyl halides is 1. The van der Waals surface area contributed by atoms with Crippen molar-refractivity contribution in [2.24, 2.45) is 10.8 Å². The molecule has 0 aromatic rings. The Morgan fingerprint density at radius 2 is 1.45 bits per heavy atom. The third-order valence-electron chi connectivity index (χ3n) is 2.36. The van der Waals surface area contributed by atoms with Gasteiger partial charge in [0.15, 0.2) is 0 Å². The van der Waals surface area contributed by atoms with Crippen LogP contribution in [0.25, 0.3) is 0 Å². The summed E-state index contributed by atoms with van der Waals surface area (Å²) in [5.41, 5.74) is -0.405. The van der Waals surface area contributed by atoms with Gasteiger partial charge in [-0.1, -0.05) is 41.5 Å². The van der Waals surface area contributed by atoms with Crippen molar-refractivity contribution in [1.82, 2.24) is 0 Å². The number of hydrogen-bond acceptors (Lipinski definition) is 0. The first-order valence-corrected chi connectivity index (χ1v) is 4.36. The van der Waals surface area contributed by atoms with Crippen LogP contribution >= 0.6 is 0 Å². The van der Waals surface area contributed by atoms with Crippen LogP contribution in [0.5, 0.6) is 0 Å². The molecule has 0 saturated heterocycles. The molecular weight excluding hydrogens is 139 g/mol. The van der Waals surface area contributed by atoms with E-state index < -0.39 is 6.17 Å². The number of hydrogen-bond donors (Lipinski definition) is 0. The molecule has 1 unspecified atom stereocenters. The summed E-state index contributed by atoms with van der Waals surface area (Å²) >= 11 is 0. The lowest BCUT2D eigenvalue weighted by Crippen LogP contribution is -2.35. The van der Waals surface area contributed by atoms with Crippen LogP contribution in [0.3, 0.4) is 0 Å². The van der Waals surface area contributed by atoms with Crippen LogP contribution in [0.2, 0.25) is 0 Å². The van der Waals surface area contributed by atoms with E-state index in [1.165, 1.54) is 0 Å². The molecule has 0 radical (unpaired) electrons. The van der Waals surface area contributed by atoms with Crippen molar-refractivity contribution < 1.29 is 4.39 Å². The fourth-order valence-electron chi connectivity index (χ4n) is 1.35. The molecule has 0 aromatic heterocycles. The first-order valence-electron chi connectivity index (χ1n) is 4.36. The lowest BCUT2D eigenvalue weighted by atomic mass is 9.73. The molecule has 0 saturated carbocycles. The Kier molecular flexibility index (Phi) is 3.10. The molecule has 11 heavy (non-hydrogen) atoms. The van der Waals surface area contributed by atoms with Gasteiger partial charge in [-0.05, 0) is 17.3 Å². The molecule has 1 heteroatoms.